The van der Waals surface area contributed by atoms with Gasteiger partial charge >= 0.3 is 6.09 Å². The average Bonchev–Trinajstić information content (AvgIpc) is 2.73. The van der Waals surface area contributed by atoms with Crippen molar-refractivity contribution >= 4 is 17.9 Å². The minimum absolute atomic E-state index is 0.220. The van der Waals surface area contributed by atoms with E-state index in [4.69, 9.17) is 4.74 Å². The molecule has 2 heterocycles. The Labute approximate surface area is 131 Å². The van der Waals surface area contributed by atoms with Crippen LogP contribution in [0.2, 0.25) is 0 Å². The lowest BCUT2D eigenvalue weighted by Crippen LogP contribution is -2.50. The molecule has 0 radical (unpaired) electrons. The molecule has 1 amide bonds. The SMILES string of the molecule is CSCC(C)n1cncc1C1CN(C(=O)OC(C)(C)C)C1. The monoisotopic (exact) mass is 311 g/mol. The molecule has 6 heteroatoms. The van der Waals surface area contributed by atoms with Gasteiger partial charge in [-0.25, -0.2) is 9.78 Å². The summed E-state index contributed by atoms with van der Waals surface area (Å²) in [7, 11) is 0. The Morgan fingerprint density at radius 1 is 1.52 bits per heavy atom. The van der Waals surface area contributed by atoms with Gasteiger partial charge < -0.3 is 14.2 Å². The second-order valence-corrected chi connectivity index (χ2v) is 7.52. The summed E-state index contributed by atoms with van der Waals surface area (Å²) in [6, 6.07) is 0.424. The van der Waals surface area contributed by atoms with Gasteiger partial charge in [0, 0.05) is 42.7 Å². The molecule has 5 nitrogen and oxygen atoms in total. The van der Waals surface area contributed by atoms with Gasteiger partial charge in [-0.05, 0) is 34.0 Å². The molecule has 0 spiro atoms. The van der Waals surface area contributed by atoms with Gasteiger partial charge in [0.2, 0.25) is 0 Å². The van der Waals surface area contributed by atoms with Crippen LogP contribution in [0.15, 0.2) is 12.5 Å². The third-order valence-corrected chi connectivity index (χ3v) is 4.35. The predicted octanol–water partition coefficient (Wildman–Crippen LogP) is 3.14. The molecule has 1 fully saturated rings. The number of amides is 1. The molecule has 0 saturated carbocycles. The summed E-state index contributed by atoms with van der Waals surface area (Å²) in [4.78, 5) is 18.0. The zero-order valence-electron chi connectivity index (χ0n) is 13.5. The minimum atomic E-state index is -0.434. The van der Waals surface area contributed by atoms with Gasteiger partial charge in [0.05, 0.1) is 6.33 Å². The van der Waals surface area contributed by atoms with Crippen molar-refractivity contribution in [1.29, 1.82) is 0 Å². The third-order valence-electron chi connectivity index (χ3n) is 3.53. The first kappa shape index (κ1) is 16.2. The van der Waals surface area contributed by atoms with Crippen molar-refractivity contribution < 1.29 is 9.53 Å². The van der Waals surface area contributed by atoms with E-state index in [1.165, 1.54) is 5.69 Å². The summed E-state index contributed by atoms with van der Waals surface area (Å²) >= 11 is 1.83. The first-order chi connectivity index (χ1) is 9.81. The number of rotatable bonds is 4. The molecule has 1 aromatic heterocycles. The van der Waals surface area contributed by atoms with E-state index in [1.807, 2.05) is 45.1 Å². The van der Waals surface area contributed by atoms with Crippen LogP contribution in [0.4, 0.5) is 4.79 Å². The Bertz CT molecular complexity index is 489. The van der Waals surface area contributed by atoms with Crippen molar-refractivity contribution in [3.63, 3.8) is 0 Å². The van der Waals surface area contributed by atoms with Crippen LogP contribution in [-0.2, 0) is 4.74 Å². The number of nitrogens with zero attached hydrogens (tertiary/aromatic N) is 3. The number of thioether (sulfide) groups is 1. The van der Waals surface area contributed by atoms with Gasteiger partial charge in [0.25, 0.3) is 0 Å². The Balaban J connectivity index is 1.93. The highest BCUT2D eigenvalue weighted by Crippen LogP contribution is 2.30. The number of hydrogen-bond acceptors (Lipinski definition) is 4. The second-order valence-electron chi connectivity index (χ2n) is 6.61. The Morgan fingerprint density at radius 2 is 2.19 bits per heavy atom. The second kappa shape index (κ2) is 6.30. The van der Waals surface area contributed by atoms with Crippen molar-refractivity contribution in [2.45, 2.75) is 45.3 Å². The fourth-order valence-electron chi connectivity index (χ4n) is 2.46. The van der Waals surface area contributed by atoms with E-state index in [1.54, 1.807) is 4.90 Å². The summed E-state index contributed by atoms with van der Waals surface area (Å²) in [6.45, 7) is 9.30. The Hall–Kier alpha value is -1.17. The zero-order valence-corrected chi connectivity index (χ0v) is 14.3. The fourth-order valence-corrected chi connectivity index (χ4v) is 3.11. The van der Waals surface area contributed by atoms with Gasteiger partial charge in [-0.15, -0.1) is 0 Å². The normalized spacial score (nSPS) is 17.5. The first-order valence-electron chi connectivity index (χ1n) is 7.30. The van der Waals surface area contributed by atoms with Crippen LogP contribution in [0.1, 0.15) is 45.3 Å². The maximum atomic E-state index is 12.0. The van der Waals surface area contributed by atoms with Crippen LogP contribution in [0.5, 0.6) is 0 Å². The maximum Gasteiger partial charge on any atom is 0.410 e. The number of likely N-dealkylation sites (tertiary alicyclic amines) is 1. The quantitative estimate of drug-likeness (QED) is 0.857. The number of ether oxygens (including phenoxy) is 1. The average molecular weight is 311 g/mol. The van der Waals surface area contributed by atoms with E-state index >= 15 is 0 Å². The molecule has 1 atom stereocenters. The fraction of sp³-hybridized carbons (Fsp3) is 0.733. The van der Waals surface area contributed by atoms with E-state index in [2.05, 4.69) is 22.7 Å². The van der Waals surface area contributed by atoms with Crippen LogP contribution >= 0.6 is 11.8 Å². The van der Waals surface area contributed by atoms with Gasteiger partial charge in [-0.2, -0.15) is 11.8 Å². The molecule has 1 saturated heterocycles. The van der Waals surface area contributed by atoms with Crippen molar-refractivity contribution in [3.05, 3.63) is 18.2 Å². The molecule has 0 aromatic carbocycles. The van der Waals surface area contributed by atoms with Crippen LogP contribution < -0.4 is 0 Å². The highest BCUT2D eigenvalue weighted by atomic mass is 32.2. The van der Waals surface area contributed by atoms with Crippen molar-refractivity contribution in [1.82, 2.24) is 14.5 Å². The minimum Gasteiger partial charge on any atom is -0.444 e. The molecular weight excluding hydrogens is 286 g/mol. The number of imidazole rings is 1. The van der Waals surface area contributed by atoms with Gasteiger partial charge in [-0.3, -0.25) is 0 Å². The Morgan fingerprint density at radius 3 is 2.76 bits per heavy atom. The summed E-state index contributed by atoms with van der Waals surface area (Å²) in [6.07, 6.45) is 5.71. The van der Waals surface area contributed by atoms with Crippen LogP contribution in [0.3, 0.4) is 0 Å². The van der Waals surface area contributed by atoms with E-state index in [0.29, 0.717) is 25.0 Å². The van der Waals surface area contributed by atoms with E-state index in [-0.39, 0.29) is 6.09 Å². The summed E-state index contributed by atoms with van der Waals surface area (Å²) in [5, 5.41) is 0. The molecular formula is C15H25N3O2S. The van der Waals surface area contributed by atoms with E-state index in [9.17, 15) is 4.79 Å². The van der Waals surface area contributed by atoms with Gasteiger partial charge in [0.15, 0.2) is 0 Å². The molecule has 0 aliphatic carbocycles. The van der Waals surface area contributed by atoms with E-state index in [0.717, 1.165) is 5.75 Å². The lowest BCUT2D eigenvalue weighted by Gasteiger charge is -2.40. The summed E-state index contributed by atoms with van der Waals surface area (Å²) in [5.74, 6) is 1.43. The molecule has 1 aromatic rings. The highest BCUT2D eigenvalue weighted by molar-refractivity contribution is 7.98. The molecule has 1 aliphatic rings. The lowest BCUT2D eigenvalue weighted by atomic mass is 9.97. The lowest BCUT2D eigenvalue weighted by molar-refractivity contribution is 0.00754. The van der Waals surface area contributed by atoms with Crippen LogP contribution in [-0.4, -0.2) is 51.2 Å². The molecule has 1 aliphatic heterocycles. The van der Waals surface area contributed by atoms with Crippen molar-refractivity contribution in [2.24, 2.45) is 0 Å². The standard InChI is InChI=1S/C15H25N3O2S/c1-11(9-21-5)18-10-16-6-13(18)12-7-17(8-12)14(19)20-15(2,3)4/h6,10-12H,7-9H2,1-5H3. The van der Waals surface area contributed by atoms with Gasteiger partial charge in [-0.1, -0.05) is 0 Å². The Kier molecular flexibility index (Phi) is 4.86. The number of aromatic nitrogens is 2. The highest BCUT2D eigenvalue weighted by Gasteiger charge is 2.36. The molecule has 2 rings (SSSR count). The first-order valence-corrected chi connectivity index (χ1v) is 8.70. The number of carbonyl (C=O) groups is 1. The summed E-state index contributed by atoms with van der Waals surface area (Å²) < 4.78 is 7.61. The number of hydrogen-bond donors (Lipinski definition) is 0. The van der Waals surface area contributed by atoms with Gasteiger partial charge in [0.1, 0.15) is 5.60 Å². The van der Waals surface area contributed by atoms with Crippen molar-refractivity contribution in [2.75, 3.05) is 25.1 Å². The van der Waals surface area contributed by atoms with E-state index < -0.39 is 5.60 Å². The largest absolute Gasteiger partial charge is 0.444 e. The predicted molar refractivity (Wildman–Crippen MR) is 85.9 cm³/mol. The molecule has 21 heavy (non-hydrogen) atoms. The van der Waals surface area contributed by atoms with Crippen molar-refractivity contribution in [3.8, 4) is 0 Å². The smallest absolute Gasteiger partial charge is 0.410 e. The number of carbonyl (C=O) groups excluding carboxylic acids is 1. The molecule has 1 unspecified atom stereocenters. The molecule has 118 valence electrons. The summed E-state index contributed by atoms with van der Waals surface area (Å²) in [5.41, 5.74) is 0.785. The molecule has 0 N–H and O–H groups in total. The molecule has 0 bridgehead atoms. The zero-order chi connectivity index (χ0) is 15.6. The third kappa shape index (κ3) is 3.93. The topological polar surface area (TPSA) is 47.4 Å². The van der Waals surface area contributed by atoms with Crippen LogP contribution in [0, 0.1) is 0 Å². The maximum absolute atomic E-state index is 12.0. The van der Waals surface area contributed by atoms with Crippen LogP contribution in [0.25, 0.3) is 0 Å².